The Balaban J connectivity index is 1.59. The number of benzene rings is 2. The van der Waals surface area contributed by atoms with Crippen LogP contribution in [0.3, 0.4) is 0 Å². The lowest BCUT2D eigenvalue weighted by molar-refractivity contribution is -0.116. The molecule has 29 heavy (non-hydrogen) atoms. The van der Waals surface area contributed by atoms with Crippen LogP contribution in [0, 0.1) is 13.8 Å². The summed E-state index contributed by atoms with van der Waals surface area (Å²) >= 11 is 0. The molecule has 2 aliphatic heterocycles. The number of aryl methyl sites for hydroxylation is 2. The zero-order valence-electron chi connectivity index (χ0n) is 16.1. The Kier molecular flexibility index (Phi) is 3.91. The van der Waals surface area contributed by atoms with Gasteiger partial charge < -0.3 is 14.8 Å². The van der Waals surface area contributed by atoms with Crippen molar-refractivity contribution in [3.8, 4) is 17.2 Å². The summed E-state index contributed by atoms with van der Waals surface area (Å²) < 4.78 is 12.4. The molecule has 0 fully saturated rings. The van der Waals surface area contributed by atoms with Crippen LogP contribution in [0.25, 0.3) is 5.69 Å². The van der Waals surface area contributed by atoms with Crippen LogP contribution in [0.2, 0.25) is 0 Å². The van der Waals surface area contributed by atoms with Crippen LogP contribution in [0.1, 0.15) is 39.5 Å². The van der Waals surface area contributed by atoms with Crippen molar-refractivity contribution in [2.75, 3.05) is 12.1 Å². The van der Waals surface area contributed by atoms with Crippen molar-refractivity contribution in [3.05, 3.63) is 64.8 Å². The third-order valence-corrected chi connectivity index (χ3v) is 5.32. The molecule has 0 radical (unpaired) electrons. The molecule has 0 spiro atoms. The molecule has 3 aromatic rings. The Morgan fingerprint density at radius 1 is 1.14 bits per heavy atom. The molecule has 0 unspecified atom stereocenters. The standard InChI is InChI=1S/C22H19N3O4/c1-12-4-3-5-15(8-12)25-22-20(13(2)24-25)16(10-19(26)23-22)21(27)14-6-7-17-18(9-14)29-11-28-17/h3-9,16H,10-11H2,1-2H3,(H,23,26)/t16-/m0/s1. The van der Waals surface area contributed by atoms with E-state index in [1.807, 2.05) is 38.1 Å². The molecule has 0 saturated carbocycles. The van der Waals surface area contributed by atoms with Gasteiger partial charge in [-0.05, 0) is 49.7 Å². The van der Waals surface area contributed by atoms with Crippen LogP contribution in [-0.2, 0) is 4.79 Å². The Labute approximate surface area is 167 Å². The van der Waals surface area contributed by atoms with Gasteiger partial charge in [-0.1, -0.05) is 12.1 Å². The summed E-state index contributed by atoms with van der Waals surface area (Å²) in [6.07, 6.45) is 0.0840. The van der Waals surface area contributed by atoms with Gasteiger partial charge in [0.25, 0.3) is 0 Å². The van der Waals surface area contributed by atoms with Gasteiger partial charge in [0.05, 0.1) is 17.3 Å². The summed E-state index contributed by atoms with van der Waals surface area (Å²) in [6, 6.07) is 13.0. The SMILES string of the molecule is Cc1cccc(-n2nc(C)c3c2NC(=O)C[C@@H]3C(=O)c2ccc3c(c2)OCO3)c1. The number of carbonyl (C=O) groups excluding carboxylic acids is 2. The fourth-order valence-electron chi connectivity index (χ4n) is 3.97. The largest absolute Gasteiger partial charge is 0.454 e. The van der Waals surface area contributed by atoms with E-state index in [9.17, 15) is 9.59 Å². The third kappa shape index (κ3) is 2.86. The number of anilines is 1. The summed E-state index contributed by atoms with van der Waals surface area (Å²) in [5, 5.41) is 7.54. The van der Waals surface area contributed by atoms with Gasteiger partial charge in [0.2, 0.25) is 12.7 Å². The fourth-order valence-corrected chi connectivity index (χ4v) is 3.97. The molecule has 3 heterocycles. The molecule has 7 heteroatoms. The Hall–Kier alpha value is -3.61. The number of hydrogen-bond acceptors (Lipinski definition) is 5. The van der Waals surface area contributed by atoms with E-state index in [4.69, 9.17) is 9.47 Å². The normalized spacial score (nSPS) is 17.0. The van der Waals surface area contributed by atoms with Crippen LogP contribution in [0.4, 0.5) is 5.82 Å². The quantitative estimate of drug-likeness (QED) is 0.693. The highest BCUT2D eigenvalue weighted by Crippen LogP contribution is 2.40. The van der Waals surface area contributed by atoms with E-state index < -0.39 is 5.92 Å². The number of aromatic nitrogens is 2. The maximum Gasteiger partial charge on any atom is 0.231 e. The van der Waals surface area contributed by atoms with Crippen LogP contribution in [0.5, 0.6) is 11.5 Å². The van der Waals surface area contributed by atoms with Gasteiger partial charge in [-0.3, -0.25) is 9.59 Å². The number of Topliss-reactive ketones (excluding diaryl/α,β-unsaturated/α-hetero) is 1. The molecule has 5 rings (SSSR count). The highest BCUT2D eigenvalue weighted by molar-refractivity contribution is 6.08. The first-order valence-electron chi connectivity index (χ1n) is 9.41. The van der Waals surface area contributed by atoms with Gasteiger partial charge in [0, 0.05) is 17.5 Å². The molecular weight excluding hydrogens is 370 g/mol. The van der Waals surface area contributed by atoms with Crippen LogP contribution < -0.4 is 14.8 Å². The molecular formula is C22H19N3O4. The van der Waals surface area contributed by atoms with Crippen molar-refractivity contribution < 1.29 is 19.1 Å². The van der Waals surface area contributed by atoms with Crippen molar-refractivity contribution in [2.45, 2.75) is 26.2 Å². The molecule has 0 saturated heterocycles. The molecule has 0 aliphatic carbocycles. The smallest absolute Gasteiger partial charge is 0.231 e. The Bertz CT molecular complexity index is 1160. The third-order valence-electron chi connectivity index (χ3n) is 5.32. The highest BCUT2D eigenvalue weighted by Gasteiger charge is 2.36. The lowest BCUT2D eigenvalue weighted by Gasteiger charge is -2.23. The first-order valence-corrected chi connectivity index (χ1v) is 9.41. The van der Waals surface area contributed by atoms with Crippen molar-refractivity contribution in [1.82, 2.24) is 9.78 Å². The molecule has 0 bridgehead atoms. The minimum absolute atomic E-state index is 0.0840. The number of amides is 1. The second-order valence-electron chi connectivity index (χ2n) is 7.34. The lowest BCUT2D eigenvalue weighted by atomic mass is 9.85. The van der Waals surface area contributed by atoms with E-state index in [-0.39, 0.29) is 24.9 Å². The van der Waals surface area contributed by atoms with E-state index in [0.29, 0.717) is 22.9 Å². The maximum atomic E-state index is 13.3. The van der Waals surface area contributed by atoms with Crippen LogP contribution in [0.15, 0.2) is 42.5 Å². The lowest BCUT2D eigenvalue weighted by Crippen LogP contribution is -2.28. The predicted molar refractivity (Wildman–Crippen MR) is 106 cm³/mol. The summed E-state index contributed by atoms with van der Waals surface area (Å²) in [5.41, 5.74) is 3.89. The van der Waals surface area contributed by atoms with E-state index in [2.05, 4.69) is 10.4 Å². The van der Waals surface area contributed by atoms with Crippen molar-refractivity contribution in [1.29, 1.82) is 0 Å². The second-order valence-corrected chi connectivity index (χ2v) is 7.34. The number of nitrogens with one attached hydrogen (secondary N) is 1. The maximum absolute atomic E-state index is 13.3. The van der Waals surface area contributed by atoms with Crippen molar-refractivity contribution >= 4 is 17.5 Å². The van der Waals surface area contributed by atoms with Crippen LogP contribution in [-0.4, -0.2) is 28.3 Å². The van der Waals surface area contributed by atoms with Crippen molar-refractivity contribution in [3.63, 3.8) is 0 Å². The molecule has 1 amide bonds. The number of ketones is 1. The molecule has 146 valence electrons. The average molecular weight is 389 g/mol. The number of nitrogens with zero attached hydrogens (tertiary/aromatic N) is 2. The van der Waals surface area contributed by atoms with Gasteiger partial charge >= 0.3 is 0 Å². The zero-order chi connectivity index (χ0) is 20.1. The fraction of sp³-hybridized carbons (Fsp3) is 0.227. The van der Waals surface area contributed by atoms with Gasteiger partial charge in [0.1, 0.15) is 5.82 Å². The van der Waals surface area contributed by atoms with Gasteiger partial charge in [-0.25, -0.2) is 4.68 Å². The summed E-state index contributed by atoms with van der Waals surface area (Å²) in [4.78, 5) is 25.8. The second kappa shape index (κ2) is 6.48. The number of rotatable bonds is 3. The summed E-state index contributed by atoms with van der Waals surface area (Å²) in [5.74, 6) is 0.786. The Morgan fingerprint density at radius 3 is 2.79 bits per heavy atom. The number of fused-ring (bicyclic) bond motifs is 2. The topological polar surface area (TPSA) is 82.5 Å². The molecule has 1 N–H and O–H groups in total. The van der Waals surface area contributed by atoms with E-state index in [1.165, 1.54) is 0 Å². The van der Waals surface area contributed by atoms with Crippen LogP contribution >= 0.6 is 0 Å². The van der Waals surface area contributed by atoms with Gasteiger partial charge in [0.15, 0.2) is 17.3 Å². The Morgan fingerprint density at radius 2 is 1.97 bits per heavy atom. The minimum Gasteiger partial charge on any atom is -0.454 e. The first kappa shape index (κ1) is 17.5. The molecule has 2 aliphatic rings. The zero-order valence-corrected chi connectivity index (χ0v) is 16.1. The van der Waals surface area contributed by atoms with E-state index in [1.54, 1.807) is 22.9 Å². The van der Waals surface area contributed by atoms with E-state index in [0.717, 1.165) is 22.5 Å². The average Bonchev–Trinajstić information content (AvgIpc) is 3.30. The minimum atomic E-state index is -0.599. The predicted octanol–water partition coefficient (Wildman–Crippen LogP) is 3.53. The summed E-state index contributed by atoms with van der Waals surface area (Å²) in [7, 11) is 0. The monoisotopic (exact) mass is 389 g/mol. The first-order chi connectivity index (χ1) is 14.0. The van der Waals surface area contributed by atoms with E-state index >= 15 is 0 Å². The summed E-state index contributed by atoms with van der Waals surface area (Å²) in [6.45, 7) is 4.00. The van der Waals surface area contributed by atoms with Gasteiger partial charge in [-0.2, -0.15) is 5.10 Å². The van der Waals surface area contributed by atoms with Gasteiger partial charge in [-0.15, -0.1) is 0 Å². The highest BCUT2D eigenvalue weighted by atomic mass is 16.7. The van der Waals surface area contributed by atoms with Crippen molar-refractivity contribution in [2.24, 2.45) is 0 Å². The number of hydrogen-bond donors (Lipinski definition) is 1. The number of carbonyl (C=O) groups is 2. The number of ether oxygens (including phenoxy) is 2. The molecule has 2 aromatic carbocycles. The molecule has 1 aromatic heterocycles. The molecule has 7 nitrogen and oxygen atoms in total. The molecule has 1 atom stereocenters.